The van der Waals surface area contributed by atoms with Gasteiger partial charge in [-0.1, -0.05) is 52.0 Å². The van der Waals surface area contributed by atoms with Crippen molar-refractivity contribution in [2.24, 2.45) is 11.8 Å². The smallest absolute Gasteiger partial charge is 0.318 e. The van der Waals surface area contributed by atoms with Crippen molar-refractivity contribution >= 4 is 6.03 Å². The lowest BCUT2D eigenvalue weighted by molar-refractivity contribution is -0.0635. The van der Waals surface area contributed by atoms with Crippen molar-refractivity contribution < 1.29 is 9.53 Å². The minimum Gasteiger partial charge on any atom is -0.381 e. The van der Waals surface area contributed by atoms with Crippen LogP contribution in [0, 0.1) is 11.8 Å². The minimum absolute atomic E-state index is 0.0466. The van der Waals surface area contributed by atoms with E-state index in [4.69, 9.17) is 4.74 Å². The maximum absolute atomic E-state index is 13.0. The number of urea groups is 1. The third-order valence-corrected chi connectivity index (χ3v) is 5.97. The van der Waals surface area contributed by atoms with Crippen molar-refractivity contribution in [3.63, 3.8) is 0 Å². The Kier molecular flexibility index (Phi) is 5.91. The zero-order chi connectivity index (χ0) is 18.7. The van der Waals surface area contributed by atoms with Gasteiger partial charge in [-0.3, -0.25) is 0 Å². The van der Waals surface area contributed by atoms with Crippen molar-refractivity contribution in [3.8, 4) is 0 Å². The summed E-state index contributed by atoms with van der Waals surface area (Å²) < 4.78 is 5.50. The van der Waals surface area contributed by atoms with Gasteiger partial charge in [0.15, 0.2) is 0 Å². The van der Waals surface area contributed by atoms with Crippen LogP contribution in [0.25, 0.3) is 0 Å². The molecule has 3 rings (SSSR count). The highest BCUT2D eigenvalue weighted by molar-refractivity contribution is 5.76. The molecule has 2 heterocycles. The predicted molar refractivity (Wildman–Crippen MR) is 105 cm³/mol. The molecule has 144 valence electrons. The number of nitrogens with zero attached hydrogens (tertiary/aromatic N) is 1. The minimum atomic E-state index is 0.0466. The fourth-order valence-electron chi connectivity index (χ4n) is 4.31. The molecule has 26 heavy (non-hydrogen) atoms. The van der Waals surface area contributed by atoms with Gasteiger partial charge in [0.2, 0.25) is 0 Å². The van der Waals surface area contributed by atoms with Gasteiger partial charge in [-0.25, -0.2) is 4.79 Å². The number of rotatable bonds is 5. The van der Waals surface area contributed by atoms with Crippen molar-refractivity contribution in [1.29, 1.82) is 0 Å². The van der Waals surface area contributed by atoms with Crippen LogP contribution in [0.2, 0.25) is 0 Å². The third-order valence-electron chi connectivity index (χ3n) is 5.97. The molecule has 4 heteroatoms. The van der Waals surface area contributed by atoms with Crippen LogP contribution in [0.3, 0.4) is 0 Å². The predicted octanol–water partition coefficient (Wildman–Crippen LogP) is 4.55. The summed E-state index contributed by atoms with van der Waals surface area (Å²) in [6.07, 6.45) is 4.14. The fourth-order valence-corrected chi connectivity index (χ4v) is 4.31. The van der Waals surface area contributed by atoms with Crippen LogP contribution >= 0.6 is 0 Å². The first-order valence-corrected chi connectivity index (χ1v) is 10.2. The second kappa shape index (κ2) is 7.99. The zero-order valence-electron chi connectivity index (χ0n) is 16.8. The molecule has 2 fully saturated rings. The Bertz CT molecular complexity index is 603. The first-order valence-electron chi connectivity index (χ1n) is 10.2. The van der Waals surface area contributed by atoms with E-state index in [1.807, 2.05) is 0 Å². The standard InChI is InChI=1S/C22H34N2O2/c1-16(2)15-18-5-7-19(8-6-18)20(17(3)4)23-21(25)24-12-9-22(24)10-13-26-14-11-22/h5-8,16-17,20H,9-15H2,1-4H3,(H,23,25). The number of hydrogen-bond donors (Lipinski definition) is 1. The van der Waals surface area contributed by atoms with Gasteiger partial charge in [0.1, 0.15) is 0 Å². The summed E-state index contributed by atoms with van der Waals surface area (Å²) in [5.74, 6) is 1.00. The number of amides is 2. The summed E-state index contributed by atoms with van der Waals surface area (Å²) in [5, 5.41) is 3.31. The van der Waals surface area contributed by atoms with E-state index in [0.717, 1.165) is 45.4 Å². The molecular formula is C22H34N2O2. The summed E-state index contributed by atoms with van der Waals surface area (Å²) in [6, 6.07) is 8.92. The van der Waals surface area contributed by atoms with Crippen LogP contribution in [0.4, 0.5) is 4.79 Å². The first-order chi connectivity index (χ1) is 12.4. The number of nitrogens with one attached hydrogen (secondary N) is 1. The highest BCUT2D eigenvalue weighted by atomic mass is 16.5. The fraction of sp³-hybridized carbons (Fsp3) is 0.682. The van der Waals surface area contributed by atoms with E-state index in [0.29, 0.717) is 11.8 Å². The van der Waals surface area contributed by atoms with Gasteiger partial charge in [0.05, 0.1) is 11.6 Å². The zero-order valence-corrected chi connectivity index (χ0v) is 16.8. The number of carbonyl (C=O) groups excluding carboxylic acids is 1. The lowest BCUT2D eigenvalue weighted by atomic mass is 9.78. The second-order valence-electron chi connectivity index (χ2n) is 8.75. The molecule has 1 atom stereocenters. The molecule has 0 radical (unpaired) electrons. The number of likely N-dealkylation sites (tertiary alicyclic amines) is 1. The van der Waals surface area contributed by atoms with E-state index in [-0.39, 0.29) is 17.6 Å². The molecule has 2 saturated heterocycles. The Morgan fingerprint density at radius 3 is 2.27 bits per heavy atom. The molecule has 1 aromatic carbocycles. The van der Waals surface area contributed by atoms with E-state index >= 15 is 0 Å². The summed E-state index contributed by atoms with van der Waals surface area (Å²) >= 11 is 0. The molecule has 2 amide bonds. The van der Waals surface area contributed by atoms with Gasteiger partial charge in [-0.05, 0) is 48.6 Å². The van der Waals surface area contributed by atoms with E-state index in [1.165, 1.54) is 11.1 Å². The van der Waals surface area contributed by atoms with E-state index in [2.05, 4.69) is 62.2 Å². The molecule has 1 spiro atoms. The van der Waals surface area contributed by atoms with Gasteiger partial charge in [0, 0.05) is 19.8 Å². The van der Waals surface area contributed by atoms with Crippen LogP contribution in [-0.4, -0.2) is 36.2 Å². The Hall–Kier alpha value is -1.55. The topological polar surface area (TPSA) is 41.6 Å². The molecule has 1 N–H and O–H groups in total. The maximum Gasteiger partial charge on any atom is 0.318 e. The average molecular weight is 359 g/mol. The van der Waals surface area contributed by atoms with Gasteiger partial charge in [0.25, 0.3) is 0 Å². The normalized spacial score (nSPS) is 20.3. The van der Waals surface area contributed by atoms with E-state index in [9.17, 15) is 4.79 Å². The lowest BCUT2D eigenvalue weighted by Crippen LogP contribution is -2.66. The summed E-state index contributed by atoms with van der Waals surface area (Å²) in [5.41, 5.74) is 2.61. The molecule has 0 aliphatic carbocycles. The molecule has 1 aromatic rings. The Morgan fingerprint density at radius 1 is 1.12 bits per heavy atom. The number of hydrogen-bond acceptors (Lipinski definition) is 2. The lowest BCUT2D eigenvalue weighted by Gasteiger charge is -2.54. The quantitative estimate of drug-likeness (QED) is 0.839. The Morgan fingerprint density at radius 2 is 1.77 bits per heavy atom. The van der Waals surface area contributed by atoms with Crippen LogP contribution in [-0.2, 0) is 11.2 Å². The summed E-state index contributed by atoms with van der Waals surface area (Å²) in [7, 11) is 0. The molecule has 4 nitrogen and oxygen atoms in total. The van der Waals surface area contributed by atoms with Crippen LogP contribution in [0.1, 0.15) is 64.1 Å². The van der Waals surface area contributed by atoms with Gasteiger partial charge < -0.3 is 15.0 Å². The molecule has 1 unspecified atom stereocenters. The molecule has 0 saturated carbocycles. The third kappa shape index (κ3) is 4.06. The largest absolute Gasteiger partial charge is 0.381 e. The molecule has 2 aliphatic rings. The Balaban J connectivity index is 1.67. The molecule has 0 aromatic heterocycles. The average Bonchev–Trinajstić information content (AvgIpc) is 2.59. The summed E-state index contributed by atoms with van der Waals surface area (Å²) in [4.78, 5) is 15.0. The Labute approximate surface area is 158 Å². The summed E-state index contributed by atoms with van der Waals surface area (Å²) in [6.45, 7) is 11.2. The van der Waals surface area contributed by atoms with Gasteiger partial charge in [-0.2, -0.15) is 0 Å². The highest BCUT2D eigenvalue weighted by Gasteiger charge is 2.48. The monoisotopic (exact) mass is 358 g/mol. The van der Waals surface area contributed by atoms with Crippen molar-refractivity contribution in [1.82, 2.24) is 10.2 Å². The van der Waals surface area contributed by atoms with Crippen LogP contribution < -0.4 is 5.32 Å². The molecule has 2 aliphatic heterocycles. The van der Waals surface area contributed by atoms with Gasteiger partial charge >= 0.3 is 6.03 Å². The number of carbonyl (C=O) groups is 1. The van der Waals surface area contributed by atoms with Crippen LogP contribution in [0.5, 0.6) is 0 Å². The van der Waals surface area contributed by atoms with E-state index in [1.54, 1.807) is 0 Å². The van der Waals surface area contributed by atoms with Crippen molar-refractivity contribution in [2.75, 3.05) is 19.8 Å². The maximum atomic E-state index is 13.0. The SMILES string of the molecule is CC(C)Cc1ccc(C(NC(=O)N2CCC23CCOCC3)C(C)C)cc1. The number of benzene rings is 1. The molecular weight excluding hydrogens is 324 g/mol. The highest BCUT2D eigenvalue weighted by Crippen LogP contribution is 2.39. The van der Waals surface area contributed by atoms with Crippen LogP contribution in [0.15, 0.2) is 24.3 Å². The van der Waals surface area contributed by atoms with E-state index < -0.39 is 0 Å². The first kappa shape index (κ1) is 19.2. The second-order valence-corrected chi connectivity index (χ2v) is 8.75. The molecule has 0 bridgehead atoms. The van der Waals surface area contributed by atoms with Crippen molar-refractivity contribution in [2.45, 2.75) is 65.0 Å². The van der Waals surface area contributed by atoms with Gasteiger partial charge in [-0.15, -0.1) is 0 Å². The number of ether oxygens (including phenoxy) is 1. The van der Waals surface area contributed by atoms with Crippen molar-refractivity contribution in [3.05, 3.63) is 35.4 Å².